The van der Waals surface area contributed by atoms with Crippen LogP contribution in [0, 0.1) is 6.92 Å². The molecule has 32 heavy (non-hydrogen) atoms. The molecular formula is C21H15Cl2F3N2O3S. The molecule has 0 radical (unpaired) electrons. The molecule has 3 aromatic rings. The Bertz CT molecular complexity index is 1300. The first-order valence-corrected chi connectivity index (χ1v) is 11.2. The van der Waals surface area contributed by atoms with Crippen molar-refractivity contribution in [2.24, 2.45) is 0 Å². The quantitative estimate of drug-likeness (QED) is 0.425. The molecule has 3 aromatic carbocycles. The number of aryl methyl sites for hydroxylation is 1. The maximum Gasteiger partial charge on any atom is 0.417 e. The molecule has 0 fully saturated rings. The fraction of sp³-hybridized carbons (Fsp3) is 0.0952. The maximum absolute atomic E-state index is 13.0. The van der Waals surface area contributed by atoms with Gasteiger partial charge in [0.1, 0.15) is 4.90 Å². The van der Waals surface area contributed by atoms with Crippen LogP contribution in [-0.2, 0) is 16.2 Å². The third-order valence-electron chi connectivity index (χ3n) is 4.28. The lowest BCUT2D eigenvalue weighted by Crippen LogP contribution is -2.17. The van der Waals surface area contributed by atoms with Crippen LogP contribution in [0.3, 0.4) is 0 Å². The van der Waals surface area contributed by atoms with E-state index in [1.165, 1.54) is 18.2 Å². The fourth-order valence-corrected chi connectivity index (χ4v) is 4.59. The Kier molecular flexibility index (Phi) is 6.73. The van der Waals surface area contributed by atoms with Crippen molar-refractivity contribution in [2.75, 3.05) is 10.0 Å². The standard InChI is InChI=1S/C21H15Cl2F3N2O3S/c1-12-3-2-4-15(9-12)28-32(30,31)19-10-13(5-7-18(19)23)20(29)27-14-6-8-17(22)16(11-14)21(24,25)26/h2-11,28H,1H3,(H,27,29). The highest BCUT2D eigenvalue weighted by molar-refractivity contribution is 7.92. The highest BCUT2D eigenvalue weighted by atomic mass is 35.5. The van der Waals surface area contributed by atoms with Crippen LogP contribution in [0.5, 0.6) is 0 Å². The summed E-state index contributed by atoms with van der Waals surface area (Å²) in [5.41, 5.74) is -0.271. The van der Waals surface area contributed by atoms with Gasteiger partial charge in [0.05, 0.1) is 15.6 Å². The minimum Gasteiger partial charge on any atom is -0.322 e. The number of halogens is 5. The van der Waals surface area contributed by atoms with E-state index in [9.17, 15) is 26.4 Å². The number of amides is 1. The Balaban J connectivity index is 1.89. The topological polar surface area (TPSA) is 75.3 Å². The van der Waals surface area contributed by atoms with Gasteiger partial charge < -0.3 is 5.32 Å². The monoisotopic (exact) mass is 502 g/mol. The minimum atomic E-state index is -4.71. The smallest absolute Gasteiger partial charge is 0.322 e. The number of hydrogen-bond acceptors (Lipinski definition) is 3. The summed E-state index contributed by atoms with van der Waals surface area (Å²) in [6, 6.07) is 13.0. The first kappa shape index (κ1) is 23.9. The van der Waals surface area contributed by atoms with E-state index in [1.54, 1.807) is 31.2 Å². The van der Waals surface area contributed by atoms with Crippen LogP contribution in [0.25, 0.3) is 0 Å². The van der Waals surface area contributed by atoms with Gasteiger partial charge in [0.2, 0.25) is 0 Å². The molecule has 1 amide bonds. The van der Waals surface area contributed by atoms with Gasteiger partial charge in [-0.15, -0.1) is 0 Å². The number of alkyl halides is 3. The summed E-state index contributed by atoms with van der Waals surface area (Å²) in [6.07, 6.45) is -4.71. The molecule has 0 saturated carbocycles. The normalized spacial score (nSPS) is 11.8. The van der Waals surface area contributed by atoms with Crippen LogP contribution < -0.4 is 10.0 Å². The molecule has 0 aliphatic heterocycles. The SMILES string of the molecule is Cc1cccc(NS(=O)(=O)c2cc(C(=O)Nc3ccc(Cl)c(C(F)(F)F)c3)ccc2Cl)c1. The highest BCUT2D eigenvalue weighted by Gasteiger charge is 2.33. The van der Waals surface area contributed by atoms with E-state index >= 15 is 0 Å². The number of nitrogens with one attached hydrogen (secondary N) is 2. The van der Waals surface area contributed by atoms with Gasteiger partial charge in [0.25, 0.3) is 15.9 Å². The molecule has 0 spiro atoms. The minimum absolute atomic E-state index is 0.123. The van der Waals surface area contributed by atoms with E-state index in [4.69, 9.17) is 23.2 Å². The van der Waals surface area contributed by atoms with E-state index in [0.29, 0.717) is 11.8 Å². The number of hydrogen-bond donors (Lipinski definition) is 2. The van der Waals surface area contributed by atoms with Gasteiger partial charge in [-0.25, -0.2) is 8.42 Å². The average Bonchev–Trinajstić information content (AvgIpc) is 2.68. The Morgan fingerprint density at radius 2 is 1.59 bits per heavy atom. The van der Waals surface area contributed by atoms with Crippen LogP contribution in [0.15, 0.2) is 65.6 Å². The highest BCUT2D eigenvalue weighted by Crippen LogP contribution is 2.36. The molecule has 0 unspecified atom stereocenters. The third-order valence-corrected chi connectivity index (χ3v) is 6.48. The maximum atomic E-state index is 13.0. The summed E-state index contributed by atoms with van der Waals surface area (Å²) in [5.74, 6) is -0.830. The summed E-state index contributed by atoms with van der Waals surface area (Å²) in [4.78, 5) is 12.2. The lowest BCUT2D eigenvalue weighted by atomic mass is 10.1. The summed E-state index contributed by atoms with van der Waals surface area (Å²) in [6.45, 7) is 1.79. The van der Waals surface area contributed by atoms with Crippen LogP contribution in [0.2, 0.25) is 10.0 Å². The van der Waals surface area contributed by atoms with Crippen molar-refractivity contribution in [3.05, 3.63) is 87.4 Å². The predicted molar refractivity (Wildman–Crippen MR) is 118 cm³/mol. The molecule has 5 nitrogen and oxygen atoms in total. The van der Waals surface area contributed by atoms with Gasteiger partial charge in [-0.05, 0) is 61.0 Å². The molecule has 0 aromatic heterocycles. The summed E-state index contributed by atoms with van der Waals surface area (Å²) in [5, 5.41) is 1.65. The van der Waals surface area contributed by atoms with Gasteiger partial charge in [-0.1, -0.05) is 35.3 Å². The second-order valence-corrected chi connectivity index (χ2v) is 9.23. The fourth-order valence-electron chi connectivity index (χ4n) is 2.79. The number of benzene rings is 3. The molecule has 0 aliphatic rings. The van der Waals surface area contributed by atoms with Crippen molar-refractivity contribution in [3.63, 3.8) is 0 Å². The second-order valence-electron chi connectivity index (χ2n) is 6.77. The number of sulfonamides is 1. The lowest BCUT2D eigenvalue weighted by molar-refractivity contribution is -0.137. The van der Waals surface area contributed by atoms with Crippen LogP contribution in [0.1, 0.15) is 21.5 Å². The molecule has 0 saturated heterocycles. The lowest BCUT2D eigenvalue weighted by Gasteiger charge is -2.13. The van der Waals surface area contributed by atoms with E-state index in [-0.39, 0.29) is 21.2 Å². The Morgan fingerprint density at radius 1 is 0.906 bits per heavy atom. The Labute approximate surface area is 192 Å². The van der Waals surface area contributed by atoms with Gasteiger partial charge in [0, 0.05) is 16.9 Å². The molecule has 0 bridgehead atoms. The van der Waals surface area contributed by atoms with Gasteiger partial charge in [-0.2, -0.15) is 13.2 Å². The first-order chi connectivity index (χ1) is 14.9. The van der Waals surface area contributed by atoms with Crippen molar-refractivity contribution in [3.8, 4) is 0 Å². The van der Waals surface area contributed by atoms with Gasteiger partial charge >= 0.3 is 6.18 Å². The van der Waals surface area contributed by atoms with Crippen molar-refractivity contribution in [1.82, 2.24) is 0 Å². The Morgan fingerprint density at radius 3 is 2.25 bits per heavy atom. The van der Waals surface area contributed by atoms with Crippen molar-refractivity contribution < 1.29 is 26.4 Å². The largest absolute Gasteiger partial charge is 0.417 e. The van der Waals surface area contributed by atoms with E-state index < -0.39 is 32.7 Å². The molecular weight excluding hydrogens is 488 g/mol. The molecule has 0 aliphatic carbocycles. The van der Waals surface area contributed by atoms with Gasteiger partial charge in [0.15, 0.2) is 0 Å². The summed E-state index contributed by atoms with van der Waals surface area (Å²) in [7, 11) is -4.15. The number of rotatable bonds is 5. The first-order valence-electron chi connectivity index (χ1n) is 8.94. The Hall–Kier alpha value is -2.75. The third kappa shape index (κ3) is 5.53. The predicted octanol–water partition coefficient (Wildman–Crippen LogP) is 6.37. The zero-order valence-corrected chi connectivity index (χ0v) is 18.6. The molecule has 3 rings (SSSR count). The molecule has 2 N–H and O–H groups in total. The number of carbonyl (C=O) groups excluding carboxylic acids is 1. The molecule has 0 heterocycles. The molecule has 11 heteroatoms. The van der Waals surface area contributed by atoms with E-state index in [1.807, 2.05) is 0 Å². The van der Waals surface area contributed by atoms with Crippen LogP contribution in [-0.4, -0.2) is 14.3 Å². The van der Waals surface area contributed by atoms with Crippen molar-refractivity contribution >= 4 is 50.5 Å². The van der Waals surface area contributed by atoms with E-state index in [0.717, 1.165) is 17.7 Å². The zero-order valence-electron chi connectivity index (χ0n) is 16.3. The van der Waals surface area contributed by atoms with Crippen molar-refractivity contribution in [1.29, 1.82) is 0 Å². The summed E-state index contributed by atoms with van der Waals surface area (Å²) < 4.78 is 67.1. The zero-order chi connectivity index (χ0) is 23.7. The van der Waals surface area contributed by atoms with Crippen LogP contribution in [0.4, 0.5) is 24.5 Å². The second kappa shape index (κ2) is 9.01. The summed E-state index contributed by atoms with van der Waals surface area (Å²) >= 11 is 11.6. The van der Waals surface area contributed by atoms with Crippen molar-refractivity contribution in [2.45, 2.75) is 18.0 Å². The molecule has 0 atom stereocenters. The number of carbonyl (C=O) groups is 1. The average molecular weight is 503 g/mol. The van der Waals surface area contributed by atoms with Gasteiger partial charge in [-0.3, -0.25) is 9.52 Å². The number of anilines is 2. The van der Waals surface area contributed by atoms with Crippen LogP contribution >= 0.6 is 23.2 Å². The molecule has 168 valence electrons. The van der Waals surface area contributed by atoms with E-state index in [2.05, 4.69) is 10.0 Å².